The first-order chi connectivity index (χ1) is 9.13. The van der Waals surface area contributed by atoms with Crippen molar-refractivity contribution in [3.8, 4) is 5.75 Å². The summed E-state index contributed by atoms with van der Waals surface area (Å²) in [6.45, 7) is 3.42. The normalized spacial score (nSPS) is 16.6. The molecular weight excluding hydrogens is 260 g/mol. The molecule has 0 radical (unpaired) electrons. The topological polar surface area (TPSA) is 55.6 Å². The fraction of sp³-hybridized carbons (Fsp3) is 0.429. The third-order valence-electron chi connectivity index (χ3n) is 3.15. The van der Waals surface area contributed by atoms with Gasteiger partial charge in [-0.1, -0.05) is 37.3 Å². The van der Waals surface area contributed by atoms with Crippen LogP contribution in [0.1, 0.15) is 24.8 Å². The van der Waals surface area contributed by atoms with Crippen LogP contribution in [-0.2, 0) is 4.79 Å². The highest BCUT2D eigenvalue weighted by molar-refractivity contribution is 7.80. The van der Waals surface area contributed by atoms with E-state index < -0.39 is 0 Å². The molecule has 1 atom stereocenters. The summed E-state index contributed by atoms with van der Waals surface area (Å²) in [5, 5.41) is 0. The SMILES string of the molecule is CCCN(CC(N)=S)C(=O)C1COc2ccccc21. The highest BCUT2D eigenvalue weighted by Crippen LogP contribution is 2.34. The van der Waals surface area contributed by atoms with Crippen LogP contribution in [0.5, 0.6) is 5.75 Å². The van der Waals surface area contributed by atoms with Gasteiger partial charge in [-0.3, -0.25) is 4.79 Å². The van der Waals surface area contributed by atoms with Crippen molar-refractivity contribution in [3.05, 3.63) is 29.8 Å². The average Bonchev–Trinajstić information content (AvgIpc) is 2.80. The predicted molar refractivity (Wildman–Crippen MR) is 78.3 cm³/mol. The lowest BCUT2D eigenvalue weighted by molar-refractivity contribution is -0.132. The van der Waals surface area contributed by atoms with Gasteiger partial charge < -0.3 is 15.4 Å². The molecule has 2 rings (SSSR count). The number of benzene rings is 1. The van der Waals surface area contributed by atoms with Crippen molar-refractivity contribution in [3.63, 3.8) is 0 Å². The highest BCUT2D eigenvalue weighted by atomic mass is 32.1. The van der Waals surface area contributed by atoms with E-state index in [1.165, 1.54) is 0 Å². The second-order valence-corrected chi connectivity index (χ2v) is 5.15. The van der Waals surface area contributed by atoms with Gasteiger partial charge in [0.1, 0.15) is 18.3 Å². The Labute approximate surface area is 118 Å². The molecule has 102 valence electrons. The number of nitrogens with two attached hydrogens (primary N) is 1. The second kappa shape index (κ2) is 6.02. The van der Waals surface area contributed by atoms with Crippen molar-refractivity contribution >= 4 is 23.1 Å². The van der Waals surface area contributed by atoms with E-state index in [4.69, 9.17) is 22.7 Å². The summed E-state index contributed by atoms with van der Waals surface area (Å²) in [5.41, 5.74) is 6.52. The van der Waals surface area contributed by atoms with Crippen molar-refractivity contribution in [1.29, 1.82) is 0 Å². The Morgan fingerprint density at radius 3 is 2.95 bits per heavy atom. The molecule has 1 unspecified atom stereocenters. The van der Waals surface area contributed by atoms with Gasteiger partial charge in [0.05, 0.1) is 11.5 Å². The summed E-state index contributed by atoms with van der Waals surface area (Å²) in [4.78, 5) is 14.6. The first-order valence-electron chi connectivity index (χ1n) is 6.42. The van der Waals surface area contributed by atoms with E-state index in [0.717, 1.165) is 17.7 Å². The van der Waals surface area contributed by atoms with Crippen LogP contribution in [0.4, 0.5) is 0 Å². The van der Waals surface area contributed by atoms with Gasteiger partial charge in [-0.25, -0.2) is 0 Å². The molecule has 1 aromatic carbocycles. The Morgan fingerprint density at radius 1 is 1.53 bits per heavy atom. The smallest absolute Gasteiger partial charge is 0.234 e. The van der Waals surface area contributed by atoms with Crippen molar-refractivity contribution in [2.45, 2.75) is 19.3 Å². The third kappa shape index (κ3) is 3.04. The van der Waals surface area contributed by atoms with Gasteiger partial charge in [0.15, 0.2) is 0 Å². The molecule has 1 aliphatic heterocycles. The minimum absolute atomic E-state index is 0.0413. The lowest BCUT2D eigenvalue weighted by Crippen LogP contribution is -2.41. The van der Waals surface area contributed by atoms with Crippen LogP contribution in [0, 0.1) is 0 Å². The molecule has 19 heavy (non-hydrogen) atoms. The van der Waals surface area contributed by atoms with Gasteiger partial charge >= 0.3 is 0 Å². The number of carbonyl (C=O) groups excluding carboxylic acids is 1. The zero-order valence-electron chi connectivity index (χ0n) is 11.0. The Balaban J connectivity index is 2.17. The van der Waals surface area contributed by atoms with Gasteiger partial charge in [-0.05, 0) is 12.5 Å². The van der Waals surface area contributed by atoms with Gasteiger partial charge in [0.2, 0.25) is 5.91 Å². The van der Waals surface area contributed by atoms with E-state index in [1.54, 1.807) is 4.90 Å². The molecule has 4 nitrogen and oxygen atoms in total. The van der Waals surface area contributed by atoms with E-state index >= 15 is 0 Å². The summed E-state index contributed by atoms with van der Waals surface area (Å²) in [7, 11) is 0. The molecule has 0 saturated heterocycles. The van der Waals surface area contributed by atoms with Crippen LogP contribution in [0.3, 0.4) is 0 Å². The van der Waals surface area contributed by atoms with Crippen LogP contribution in [0.25, 0.3) is 0 Å². The number of ether oxygens (including phenoxy) is 1. The molecule has 2 N–H and O–H groups in total. The van der Waals surface area contributed by atoms with Crippen molar-refractivity contribution in [1.82, 2.24) is 4.90 Å². The van der Waals surface area contributed by atoms with Crippen LogP contribution in [0.2, 0.25) is 0 Å². The van der Waals surface area contributed by atoms with E-state index in [2.05, 4.69) is 0 Å². The molecule has 0 saturated carbocycles. The summed E-state index contributed by atoms with van der Waals surface area (Å²) >= 11 is 4.91. The van der Waals surface area contributed by atoms with Gasteiger partial charge in [-0.2, -0.15) is 0 Å². The summed E-state index contributed by atoms with van der Waals surface area (Å²) < 4.78 is 5.55. The van der Waals surface area contributed by atoms with Crippen LogP contribution < -0.4 is 10.5 Å². The molecule has 0 bridgehead atoms. The third-order valence-corrected chi connectivity index (χ3v) is 3.28. The van der Waals surface area contributed by atoms with Crippen LogP contribution in [-0.4, -0.2) is 35.5 Å². The van der Waals surface area contributed by atoms with Gasteiger partial charge in [0, 0.05) is 12.1 Å². The molecule has 1 heterocycles. The number of thiocarbonyl (C=S) groups is 1. The number of para-hydroxylation sites is 1. The number of fused-ring (bicyclic) bond motifs is 1. The molecular formula is C14H18N2O2S. The molecule has 1 aliphatic rings. The summed E-state index contributed by atoms with van der Waals surface area (Å²) in [6, 6.07) is 7.66. The number of nitrogens with zero attached hydrogens (tertiary/aromatic N) is 1. The summed E-state index contributed by atoms with van der Waals surface area (Å²) in [6.07, 6.45) is 0.879. The average molecular weight is 278 g/mol. The molecule has 0 fully saturated rings. The molecule has 0 aliphatic carbocycles. The lowest BCUT2D eigenvalue weighted by Gasteiger charge is -2.24. The van der Waals surface area contributed by atoms with Crippen molar-refractivity contribution in [2.24, 2.45) is 5.73 Å². The first kappa shape index (κ1) is 13.8. The maximum atomic E-state index is 12.6. The molecule has 5 heteroatoms. The Hall–Kier alpha value is -1.62. The van der Waals surface area contributed by atoms with Gasteiger partial charge in [-0.15, -0.1) is 0 Å². The van der Waals surface area contributed by atoms with E-state index in [0.29, 0.717) is 24.7 Å². The molecule has 0 spiro atoms. The maximum absolute atomic E-state index is 12.6. The van der Waals surface area contributed by atoms with Crippen LogP contribution in [0.15, 0.2) is 24.3 Å². The van der Waals surface area contributed by atoms with E-state index in [9.17, 15) is 4.79 Å². The fourth-order valence-corrected chi connectivity index (χ4v) is 2.47. The number of carbonyl (C=O) groups is 1. The minimum Gasteiger partial charge on any atom is -0.492 e. The zero-order valence-corrected chi connectivity index (χ0v) is 11.8. The fourth-order valence-electron chi connectivity index (χ4n) is 2.31. The molecule has 0 aromatic heterocycles. The number of hydrogen-bond acceptors (Lipinski definition) is 3. The second-order valence-electron chi connectivity index (χ2n) is 4.63. The zero-order chi connectivity index (χ0) is 13.8. The van der Waals surface area contributed by atoms with E-state index in [-0.39, 0.29) is 11.8 Å². The highest BCUT2D eigenvalue weighted by Gasteiger charge is 2.32. The number of hydrogen-bond donors (Lipinski definition) is 1. The van der Waals surface area contributed by atoms with Crippen LogP contribution >= 0.6 is 12.2 Å². The monoisotopic (exact) mass is 278 g/mol. The minimum atomic E-state index is -0.239. The Kier molecular flexibility index (Phi) is 4.37. The quantitative estimate of drug-likeness (QED) is 0.833. The van der Waals surface area contributed by atoms with Crippen molar-refractivity contribution in [2.75, 3.05) is 19.7 Å². The number of amides is 1. The first-order valence-corrected chi connectivity index (χ1v) is 6.83. The standard InChI is InChI=1S/C14H18N2O2S/c1-2-7-16(8-13(15)19)14(17)11-9-18-12-6-4-3-5-10(11)12/h3-6,11H,2,7-9H2,1H3,(H2,15,19). The van der Waals surface area contributed by atoms with Gasteiger partial charge in [0.25, 0.3) is 0 Å². The predicted octanol–water partition coefficient (Wildman–Crippen LogP) is 1.69. The molecule has 1 amide bonds. The van der Waals surface area contributed by atoms with Crippen molar-refractivity contribution < 1.29 is 9.53 Å². The Bertz CT molecular complexity index is 490. The maximum Gasteiger partial charge on any atom is 0.234 e. The molecule has 1 aromatic rings. The lowest BCUT2D eigenvalue weighted by atomic mass is 10.00. The van der Waals surface area contributed by atoms with E-state index in [1.807, 2.05) is 31.2 Å². The number of rotatable bonds is 5. The largest absolute Gasteiger partial charge is 0.492 e. The summed E-state index contributed by atoms with van der Waals surface area (Å²) in [5.74, 6) is 0.601. The Morgan fingerprint density at radius 2 is 2.26 bits per heavy atom.